The molecule has 0 radical (unpaired) electrons. The topological polar surface area (TPSA) is 46.5 Å². The van der Waals surface area contributed by atoms with E-state index >= 15 is 0 Å². The van der Waals surface area contributed by atoms with Crippen LogP contribution < -0.4 is 0 Å². The van der Waals surface area contributed by atoms with Crippen molar-refractivity contribution in [1.82, 2.24) is 0 Å². The van der Waals surface area contributed by atoms with Gasteiger partial charge in [0, 0.05) is 0 Å². The lowest BCUT2D eigenvalue weighted by Gasteiger charge is -2.08. The molecule has 0 saturated carbocycles. The molecule has 0 heterocycles. The molecule has 0 amide bonds. The Labute approximate surface area is 135 Å². The van der Waals surface area contributed by atoms with Crippen LogP contribution in [0.25, 0.3) is 0 Å². The summed E-state index contributed by atoms with van der Waals surface area (Å²) in [5.74, 6) is -0.887. The van der Waals surface area contributed by atoms with Crippen molar-refractivity contribution >= 4 is 5.97 Å². The molecule has 0 aliphatic rings. The van der Waals surface area contributed by atoms with Crippen LogP contribution in [0.2, 0.25) is 0 Å². The van der Waals surface area contributed by atoms with E-state index in [1.807, 2.05) is 19.1 Å². The van der Waals surface area contributed by atoms with Crippen LogP contribution in [-0.2, 0) is 9.53 Å². The molecule has 0 bridgehead atoms. The zero-order valence-electron chi connectivity index (χ0n) is 14.2. The van der Waals surface area contributed by atoms with Crippen molar-refractivity contribution in [2.45, 2.75) is 71.3 Å². The molecule has 22 heavy (non-hydrogen) atoms. The number of hydrogen-bond donors (Lipinski definition) is 1. The van der Waals surface area contributed by atoms with Crippen molar-refractivity contribution in [3.8, 4) is 0 Å². The number of allylic oxidation sites excluding steroid dienone is 5. The van der Waals surface area contributed by atoms with E-state index in [2.05, 4.69) is 31.2 Å². The third kappa shape index (κ3) is 13.6. The first-order valence-electron chi connectivity index (χ1n) is 8.51. The van der Waals surface area contributed by atoms with E-state index in [1.165, 1.54) is 25.7 Å². The van der Waals surface area contributed by atoms with Gasteiger partial charge in [-0.1, -0.05) is 63.1 Å². The molecule has 0 aromatic carbocycles. The van der Waals surface area contributed by atoms with Gasteiger partial charge in [-0.3, -0.25) is 0 Å². The van der Waals surface area contributed by atoms with Gasteiger partial charge in [0.05, 0.1) is 6.61 Å². The number of aliphatic carboxylic acids is 1. The summed E-state index contributed by atoms with van der Waals surface area (Å²) in [6, 6.07) is 0. The van der Waals surface area contributed by atoms with Gasteiger partial charge in [-0.25, -0.2) is 4.79 Å². The summed E-state index contributed by atoms with van der Waals surface area (Å²) in [6.45, 7) is 4.40. The van der Waals surface area contributed by atoms with Crippen molar-refractivity contribution in [3.63, 3.8) is 0 Å². The quantitative estimate of drug-likeness (QED) is 0.350. The van der Waals surface area contributed by atoms with Gasteiger partial charge in [0.25, 0.3) is 0 Å². The highest BCUT2D eigenvalue weighted by molar-refractivity contribution is 5.72. The number of carboxylic acid groups (broad SMARTS) is 1. The van der Waals surface area contributed by atoms with Crippen LogP contribution in [0.1, 0.15) is 65.2 Å². The molecule has 0 rings (SSSR count). The van der Waals surface area contributed by atoms with E-state index < -0.39 is 12.1 Å². The second-order valence-corrected chi connectivity index (χ2v) is 5.29. The van der Waals surface area contributed by atoms with Crippen molar-refractivity contribution in [2.75, 3.05) is 6.61 Å². The van der Waals surface area contributed by atoms with Gasteiger partial charge < -0.3 is 9.84 Å². The van der Waals surface area contributed by atoms with Crippen LogP contribution in [0.5, 0.6) is 0 Å². The van der Waals surface area contributed by atoms with Crippen molar-refractivity contribution in [3.05, 3.63) is 36.5 Å². The molecule has 1 N–H and O–H groups in total. The third-order valence-electron chi connectivity index (χ3n) is 3.29. The summed E-state index contributed by atoms with van der Waals surface area (Å²) < 4.78 is 5.24. The highest BCUT2D eigenvalue weighted by Crippen LogP contribution is 2.01. The van der Waals surface area contributed by atoms with Crippen LogP contribution in [0, 0.1) is 0 Å². The molecule has 1 unspecified atom stereocenters. The Morgan fingerprint density at radius 2 is 1.59 bits per heavy atom. The molecular weight excluding hydrogens is 276 g/mol. The first-order valence-corrected chi connectivity index (χ1v) is 8.51. The van der Waals surface area contributed by atoms with Gasteiger partial charge in [-0.05, 0) is 38.5 Å². The molecule has 0 aromatic rings. The molecular formula is C19H32O3. The fourth-order valence-electron chi connectivity index (χ4n) is 1.93. The minimum absolute atomic E-state index is 0.370. The van der Waals surface area contributed by atoms with Gasteiger partial charge in [0.2, 0.25) is 0 Å². The highest BCUT2D eigenvalue weighted by Gasteiger charge is 2.13. The number of carboxylic acids is 1. The molecule has 0 fully saturated rings. The summed E-state index contributed by atoms with van der Waals surface area (Å²) in [5.41, 5.74) is 0. The fraction of sp³-hybridized carbons (Fsp3) is 0.632. The van der Waals surface area contributed by atoms with E-state index in [9.17, 15) is 4.79 Å². The third-order valence-corrected chi connectivity index (χ3v) is 3.29. The maximum absolute atomic E-state index is 10.7. The molecule has 0 spiro atoms. The maximum Gasteiger partial charge on any atom is 0.332 e. The van der Waals surface area contributed by atoms with Crippen LogP contribution in [0.4, 0.5) is 0 Å². The zero-order valence-corrected chi connectivity index (χ0v) is 14.2. The van der Waals surface area contributed by atoms with Crippen molar-refractivity contribution in [1.29, 1.82) is 0 Å². The molecule has 126 valence electrons. The van der Waals surface area contributed by atoms with Gasteiger partial charge >= 0.3 is 5.97 Å². The van der Waals surface area contributed by atoms with E-state index in [4.69, 9.17) is 9.84 Å². The van der Waals surface area contributed by atoms with Gasteiger partial charge in [-0.2, -0.15) is 0 Å². The average Bonchev–Trinajstić information content (AvgIpc) is 2.51. The lowest BCUT2D eigenvalue weighted by molar-refractivity contribution is -0.149. The summed E-state index contributed by atoms with van der Waals surface area (Å²) in [7, 11) is 0. The highest BCUT2D eigenvalue weighted by atomic mass is 16.5. The molecule has 0 aliphatic heterocycles. The zero-order chi connectivity index (χ0) is 16.5. The van der Waals surface area contributed by atoms with Gasteiger partial charge in [-0.15, -0.1) is 0 Å². The lowest BCUT2D eigenvalue weighted by Crippen LogP contribution is -2.22. The second-order valence-electron chi connectivity index (χ2n) is 5.29. The molecule has 1 atom stereocenters. The van der Waals surface area contributed by atoms with Gasteiger partial charge in [0.15, 0.2) is 6.10 Å². The SMILES string of the molecule is CCCCC/C=C\C/C=C\CC/C=C/COC(CC)C(=O)O. The van der Waals surface area contributed by atoms with Crippen LogP contribution in [0.3, 0.4) is 0 Å². The first-order chi connectivity index (χ1) is 10.7. The Bertz CT molecular complexity index is 343. The normalized spacial score (nSPS) is 13.5. The van der Waals surface area contributed by atoms with Crippen LogP contribution >= 0.6 is 0 Å². The number of carbonyl (C=O) groups is 1. The van der Waals surface area contributed by atoms with Crippen molar-refractivity contribution < 1.29 is 14.6 Å². The van der Waals surface area contributed by atoms with E-state index in [0.29, 0.717) is 13.0 Å². The Morgan fingerprint density at radius 3 is 2.18 bits per heavy atom. The number of ether oxygens (including phenoxy) is 1. The Kier molecular flexibility index (Phi) is 15.0. The lowest BCUT2D eigenvalue weighted by atomic mass is 10.2. The van der Waals surface area contributed by atoms with E-state index in [-0.39, 0.29) is 0 Å². The van der Waals surface area contributed by atoms with E-state index in [1.54, 1.807) is 0 Å². The molecule has 3 heteroatoms. The first kappa shape index (κ1) is 20.6. The number of unbranched alkanes of at least 4 members (excludes halogenated alkanes) is 4. The second kappa shape index (κ2) is 16.0. The maximum atomic E-state index is 10.7. The monoisotopic (exact) mass is 308 g/mol. The minimum Gasteiger partial charge on any atom is -0.479 e. The smallest absolute Gasteiger partial charge is 0.332 e. The average molecular weight is 308 g/mol. The van der Waals surface area contributed by atoms with Crippen LogP contribution in [0.15, 0.2) is 36.5 Å². The Balaban J connectivity index is 3.49. The Morgan fingerprint density at radius 1 is 0.955 bits per heavy atom. The predicted octanol–water partition coefficient (Wildman–Crippen LogP) is 5.29. The predicted molar refractivity (Wildman–Crippen MR) is 93.1 cm³/mol. The summed E-state index contributed by atoms with van der Waals surface area (Å²) >= 11 is 0. The largest absolute Gasteiger partial charge is 0.479 e. The molecule has 0 aromatic heterocycles. The Hall–Kier alpha value is -1.35. The van der Waals surface area contributed by atoms with Crippen LogP contribution in [-0.4, -0.2) is 23.8 Å². The number of rotatable bonds is 14. The van der Waals surface area contributed by atoms with E-state index in [0.717, 1.165) is 19.3 Å². The summed E-state index contributed by atoms with van der Waals surface area (Å²) in [4.78, 5) is 10.7. The van der Waals surface area contributed by atoms with Crippen molar-refractivity contribution in [2.24, 2.45) is 0 Å². The molecule has 0 aliphatic carbocycles. The van der Waals surface area contributed by atoms with Gasteiger partial charge in [0.1, 0.15) is 0 Å². The number of hydrogen-bond acceptors (Lipinski definition) is 2. The molecule has 0 saturated heterocycles. The minimum atomic E-state index is -0.887. The fourth-order valence-corrected chi connectivity index (χ4v) is 1.93. The summed E-state index contributed by atoms with van der Waals surface area (Å²) in [6.07, 6.45) is 20.7. The standard InChI is InChI=1S/C19H32O3/c1-3-5-6-7-8-9-10-11-12-13-14-15-16-17-22-18(4-2)19(20)21/h8-9,11-12,15-16,18H,3-7,10,13-14,17H2,1-2H3,(H,20,21)/b9-8-,12-11-,16-15+. The molecule has 3 nitrogen and oxygen atoms in total. The summed E-state index contributed by atoms with van der Waals surface area (Å²) in [5, 5.41) is 8.81.